The number of aryl methyl sites for hydroxylation is 1. The molecule has 80 valence electrons. The van der Waals surface area contributed by atoms with Gasteiger partial charge in [-0.15, -0.1) is 0 Å². The number of carbonyl (C=O) groups is 1. The summed E-state index contributed by atoms with van der Waals surface area (Å²) in [7, 11) is 0. The molecule has 0 saturated heterocycles. The second-order valence-corrected chi connectivity index (χ2v) is 4.53. The molecule has 0 amide bonds. The average Bonchev–Trinajstić information content (AvgIpc) is 2.29. The maximum absolute atomic E-state index is 12.2. The Labute approximate surface area is 105 Å². The molecule has 0 N–H and O–H groups in total. The summed E-state index contributed by atoms with van der Waals surface area (Å²) in [6, 6.07) is 12.7. The van der Waals surface area contributed by atoms with Crippen molar-refractivity contribution in [1.82, 2.24) is 0 Å². The van der Waals surface area contributed by atoms with Crippen LogP contribution in [0.2, 0.25) is 0 Å². The van der Waals surface area contributed by atoms with Crippen LogP contribution < -0.4 is 0 Å². The smallest absolute Gasteiger partial charge is 0.193 e. The molecule has 0 saturated carbocycles. The van der Waals surface area contributed by atoms with Crippen LogP contribution in [-0.4, -0.2) is 5.78 Å². The van der Waals surface area contributed by atoms with Gasteiger partial charge in [-0.25, -0.2) is 0 Å². The molecule has 0 aliphatic carbocycles. The first-order chi connectivity index (χ1) is 8.08. The number of benzene rings is 2. The third kappa shape index (κ3) is 2.39. The van der Waals surface area contributed by atoms with E-state index < -0.39 is 0 Å². The van der Waals surface area contributed by atoms with Gasteiger partial charge in [-0.05, 0) is 31.2 Å². The molecule has 16 heavy (non-hydrogen) atoms. The van der Waals surface area contributed by atoms with Gasteiger partial charge in [0.05, 0.1) is 1.37 Å². The SMILES string of the molecule is [2H]c1cc(Br)ccc1C(=O)c1ccc(C)cc1. The third-order valence-electron chi connectivity index (χ3n) is 2.33. The molecular formula is C14H11BrO. The highest BCUT2D eigenvalue weighted by atomic mass is 79.9. The maximum Gasteiger partial charge on any atom is 0.193 e. The molecule has 2 aromatic rings. The highest BCUT2D eigenvalue weighted by Crippen LogP contribution is 2.14. The first-order valence-corrected chi connectivity index (χ1v) is 5.75. The van der Waals surface area contributed by atoms with Crippen molar-refractivity contribution in [3.63, 3.8) is 0 Å². The van der Waals surface area contributed by atoms with E-state index >= 15 is 0 Å². The van der Waals surface area contributed by atoms with E-state index in [-0.39, 0.29) is 11.8 Å². The summed E-state index contributed by atoms with van der Waals surface area (Å²) in [5, 5.41) is 0. The Morgan fingerprint density at radius 3 is 2.31 bits per heavy atom. The predicted molar refractivity (Wildman–Crippen MR) is 68.8 cm³/mol. The fraction of sp³-hybridized carbons (Fsp3) is 0.0714. The number of hydrogen-bond donors (Lipinski definition) is 0. The van der Waals surface area contributed by atoms with Crippen molar-refractivity contribution in [2.75, 3.05) is 0 Å². The second-order valence-electron chi connectivity index (χ2n) is 3.62. The van der Waals surface area contributed by atoms with E-state index in [1.165, 1.54) is 0 Å². The lowest BCUT2D eigenvalue weighted by Crippen LogP contribution is -2.00. The maximum atomic E-state index is 12.2. The van der Waals surface area contributed by atoms with Gasteiger partial charge < -0.3 is 0 Å². The fourth-order valence-electron chi connectivity index (χ4n) is 1.41. The zero-order valence-electron chi connectivity index (χ0n) is 9.83. The lowest BCUT2D eigenvalue weighted by atomic mass is 10.0. The molecule has 0 bridgehead atoms. The van der Waals surface area contributed by atoms with Crippen LogP contribution in [0.3, 0.4) is 0 Å². The monoisotopic (exact) mass is 275 g/mol. The van der Waals surface area contributed by atoms with Crippen LogP contribution in [0.4, 0.5) is 0 Å². The van der Waals surface area contributed by atoms with Gasteiger partial charge in [-0.1, -0.05) is 45.8 Å². The van der Waals surface area contributed by atoms with Gasteiger partial charge >= 0.3 is 0 Å². The highest BCUT2D eigenvalue weighted by Gasteiger charge is 2.07. The summed E-state index contributed by atoms with van der Waals surface area (Å²) in [6.45, 7) is 1.98. The van der Waals surface area contributed by atoms with Crippen LogP contribution in [0, 0.1) is 6.92 Å². The highest BCUT2D eigenvalue weighted by molar-refractivity contribution is 9.10. The van der Waals surface area contributed by atoms with Crippen molar-refractivity contribution in [2.24, 2.45) is 0 Å². The van der Waals surface area contributed by atoms with Crippen LogP contribution in [0.25, 0.3) is 0 Å². The van der Waals surface area contributed by atoms with Gasteiger partial charge in [0.2, 0.25) is 0 Å². The summed E-state index contributed by atoms with van der Waals surface area (Å²) in [5.74, 6) is -0.109. The minimum atomic E-state index is -0.109. The van der Waals surface area contributed by atoms with Gasteiger partial charge in [-0.2, -0.15) is 0 Å². The summed E-state index contributed by atoms with van der Waals surface area (Å²) >= 11 is 3.28. The molecule has 0 fully saturated rings. The Kier molecular flexibility index (Phi) is 2.83. The first-order valence-electron chi connectivity index (χ1n) is 5.45. The summed E-state index contributed by atoms with van der Waals surface area (Å²) < 4.78 is 8.59. The third-order valence-corrected chi connectivity index (χ3v) is 2.83. The van der Waals surface area contributed by atoms with E-state index in [4.69, 9.17) is 1.37 Å². The van der Waals surface area contributed by atoms with E-state index in [9.17, 15) is 4.79 Å². The summed E-state index contributed by atoms with van der Waals surface area (Å²) in [5.41, 5.74) is 2.16. The fourth-order valence-corrected chi connectivity index (χ4v) is 1.65. The molecule has 1 nitrogen and oxygen atoms in total. The Bertz CT molecular complexity index is 561. The number of rotatable bonds is 2. The zero-order valence-corrected chi connectivity index (χ0v) is 10.4. The minimum absolute atomic E-state index is 0.109. The number of hydrogen-bond acceptors (Lipinski definition) is 1. The zero-order chi connectivity index (χ0) is 12.4. The van der Waals surface area contributed by atoms with E-state index in [0.29, 0.717) is 11.1 Å². The molecule has 2 heteroatoms. The van der Waals surface area contributed by atoms with E-state index in [2.05, 4.69) is 15.9 Å². The molecule has 2 rings (SSSR count). The van der Waals surface area contributed by atoms with Crippen molar-refractivity contribution in [3.05, 3.63) is 69.7 Å². The lowest BCUT2D eigenvalue weighted by Gasteiger charge is -2.01. The largest absolute Gasteiger partial charge is 0.289 e. The van der Waals surface area contributed by atoms with E-state index in [0.717, 1.165) is 10.0 Å². The van der Waals surface area contributed by atoms with E-state index in [1.807, 2.05) is 19.1 Å². The minimum Gasteiger partial charge on any atom is -0.289 e. The Morgan fingerprint density at radius 2 is 1.69 bits per heavy atom. The van der Waals surface area contributed by atoms with E-state index in [1.54, 1.807) is 30.3 Å². The van der Waals surface area contributed by atoms with Crippen LogP contribution in [-0.2, 0) is 0 Å². The molecular weight excluding hydrogens is 264 g/mol. The lowest BCUT2D eigenvalue weighted by molar-refractivity contribution is 0.103. The molecule has 0 unspecified atom stereocenters. The Balaban J connectivity index is 2.40. The van der Waals surface area contributed by atoms with Crippen molar-refractivity contribution < 1.29 is 6.17 Å². The van der Waals surface area contributed by atoms with Gasteiger partial charge in [0.15, 0.2) is 5.78 Å². The average molecular weight is 276 g/mol. The van der Waals surface area contributed by atoms with Gasteiger partial charge in [0.1, 0.15) is 0 Å². The molecule has 0 aliphatic rings. The summed E-state index contributed by atoms with van der Waals surface area (Å²) in [4.78, 5) is 12.2. The quantitative estimate of drug-likeness (QED) is 0.758. The first kappa shape index (κ1) is 9.79. The molecule has 0 spiro atoms. The van der Waals surface area contributed by atoms with Crippen molar-refractivity contribution in [1.29, 1.82) is 0 Å². The van der Waals surface area contributed by atoms with Crippen molar-refractivity contribution >= 4 is 21.7 Å². The molecule has 0 aliphatic heterocycles. The Hall–Kier alpha value is -1.41. The molecule has 2 aromatic carbocycles. The number of carbonyl (C=O) groups excluding carboxylic acids is 1. The van der Waals surface area contributed by atoms with Crippen LogP contribution in [0.1, 0.15) is 22.9 Å². The number of halogens is 1. The van der Waals surface area contributed by atoms with Gasteiger partial charge in [0.25, 0.3) is 0 Å². The molecule has 0 atom stereocenters. The molecule has 0 heterocycles. The standard InChI is InChI=1S/C14H11BrO/c1-10-2-4-11(5-3-10)14(16)12-6-8-13(15)9-7-12/h2-9H,1H3/i6D. The number of ketones is 1. The van der Waals surface area contributed by atoms with Gasteiger partial charge in [0, 0.05) is 15.6 Å². The predicted octanol–water partition coefficient (Wildman–Crippen LogP) is 3.99. The molecule has 0 aromatic heterocycles. The van der Waals surface area contributed by atoms with Crippen LogP contribution in [0.15, 0.2) is 53.0 Å². The van der Waals surface area contributed by atoms with Gasteiger partial charge in [-0.3, -0.25) is 4.79 Å². The topological polar surface area (TPSA) is 17.1 Å². The Morgan fingerprint density at radius 1 is 1.06 bits per heavy atom. The molecule has 0 radical (unpaired) electrons. The van der Waals surface area contributed by atoms with Crippen LogP contribution >= 0.6 is 15.9 Å². The van der Waals surface area contributed by atoms with Crippen molar-refractivity contribution in [3.8, 4) is 0 Å². The summed E-state index contributed by atoms with van der Waals surface area (Å²) in [6.07, 6.45) is 0. The normalized spacial score (nSPS) is 11.0. The van der Waals surface area contributed by atoms with Crippen molar-refractivity contribution in [2.45, 2.75) is 6.92 Å². The second kappa shape index (κ2) is 4.62. The van der Waals surface area contributed by atoms with Crippen LogP contribution in [0.5, 0.6) is 0 Å².